The number of carbonyl (C=O) groups excluding carboxylic acids is 1. The van der Waals surface area contributed by atoms with E-state index in [0.717, 1.165) is 50.4 Å². The van der Waals surface area contributed by atoms with E-state index in [1.54, 1.807) is 0 Å². The lowest BCUT2D eigenvalue weighted by Gasteiger charge is -2.32. The quantitative estimate of drug-likeness (QED) is 0.731. The standard InChI is InChI=1S/C23H33FN2O2/c1-2-28-17-23(27)25-22-9-3-18(4-10-22)11-14-26-15-12-20(13-16-26)19-5-7-21(24)8-6-19/h5-8,12,18,22H,2-4,9-11,13-17H2,1H3,(H,25,27). The molecule has 0 aromatic heterocycles. The van der Waals surface area contributed by atoms with Crippen molar-refractivity contribution in [3.05, 3.63) is 41.7 Å². The average Bonchev–Trinajstić information content (AvgIpc) is 2.73. The van der Waals surface area contributed by atoms with E-state index in [2.05, 4.69) is 16.3 Å². The molecule has 28 heavy (non-hydrogen) atoms. The van der Waals surface area contributed by atoms with Crippen LogP contribution in [0.1, 0.15) is 51.0 Å². The lowest BCUT2D eigenvalue weighted by Crippen LogP contribution is -2.40. The monoisotopic (exact) mass is 388 g/mol. The van der Waals surface area contributed by atoms with Gasteiger partial charge in [-0.3, -0.25) is 9.69 Å². The van der Waals surface area contributed by atoms with E-state index in [1.807, 2.05) is 19.1 Å². The van der Waals surface area contributed by atoms with E-state index < -0.39 is 0 Å². The van der Waals surface area contributed by atoms with Gasteiger partial charge in [0.1, 0.15) is 12.4 Å². The lowest BCUT2D eigenvalue weighted by molar-refractivity contribution is -0.126. The molecule has 1 amide bonds. The summed E-state index contributed by atoms with van der Waals surface area (Å²) in [6, 6.07) is 7.15. The molecule has 1 aromatic carbocycles. The van der Waals surface area contributed by atoms with Crippen LogP contribution in [0.3, 0.4) is 0 Å². The maximum absolute atomic E-state index is 13.1. The van der Waals surface area contributed by atoms with Crippen molar-refractivity contribution in [3.8, 4) is 0 Å². The van der Waals surface area contributed by atoms with Crippen molar-refractivity contribution in [3.63, 3.8) is 0 Å². The van der Waals surface area contributed by atoms with Crippen LogP contribution in [-0.2, 0) is 9.53 Å². The molecule has 5 heteroatoms. The van der Waals surface area contributed by atoms with Gasteiger partial charge in [0, 0.05) is 25.7 Å². The summed E-state index contributed by atoms with van der Waals surface area (Å²) in [5.74, 6) is 0.607. The van der Waals surface area contributed by atoms with E-state index in [-0.39, 0.29) is 18.3 Å². The molecule has 1 fully saturated rings. The van der Waals surface area contributed by atoms with Crippen molar-refractivity contribution in [2.45, 2.75) is 51.5 Å². The number of hydrogen-bond acceptors (Lipinski definition) is 3. The Morgan fingerprint density at radius 1 is 1.21 bits per heavy atom. The molecule has 3 rings (SSSR count). The molecule has 0 unspecified atom stereocenters. The summed E-state index contributed by atoms with van der Waals surface area (Å²) in [5.41, 5.74) is 2.48. The number of nitrogens with zero attached hydrogens (tertiary/aromatic N) is 1. The second-order valence-electron chi connectivity index (χ2n) is 8.00. The lowest BCUT2D eigenvalue weighted by atomic mass is 9.84. The van der Waals surface area contributed by atoms with Crippen molar-refractivity contribution < 1.29 is 13.9 Å². The zero-order valence-electron chi connectivity index (χ0n) is 17.0. The van der Waals surface area contributed by atoms with Crippen LogP contribution >= 0.6 is 0 Å². The van der Waals surface area contributed by atoms with Crippen LogP contribution in [0.25, 0.3) is 5.57 Å². The van der Waals surface area contributed by atoms with Gasteiger partial charge in [-0.1, -0.05) is 18.2 Å². The van der Waals surface area contributed by atoms with Gasteiger partial charge in [-0.2, -0.15) is 0 Å². The molecule has 1 aromatic rings. The number of amides is 1. The summed E-state index contributed by atoms with van der Waals surface area (Å²) >= 11 is 0. The second kappa shape index (κ2) is 10.7. The highest BCUT2D eigenvalue weighted by atomic mass is 19.1. The molecule has 1 N–H and O–H groups in total. The van der Waals surface area contributed by atoms with Gasteiger partial charge >= 0.3 is 0 Å². The number of benzene rings is 1. The van der Waals surface area contributed by atoms with Gasteiger partial charge in [0.15, 0.2) is 0 Å². The Morgan fingerprint density at radius 3 is 2.61 bits per heavy atom. The first kappa shape index (κ1) is 21.0. The first-order valence-corrected chi connectivity index (χ1v) is 10.7. The van der Waals surface area contributed by atoms with E-state index in [1.165, 1.54) is 37.0 Å². The molecule has 2 aliphatic rings. The number of nitrogens with one attached hydrogen (secondary N) is 1. The van der Waals surface area contributed by atoms with Gasteiger partial charge in [-0.05, 0) is 81.2 Å². The van der Waals surface area contributed by atoms with Crippen molar-refractivity contribution in [2.75, 3.05) is 32.8 Å². The molecule has 1 heterocycles. The molecule has 4 nitrogen and oxygen atoms in total. The molecule has 0 spiro atoms. The molecule has 1 saturated carbocycles. The Morgan fingerprint density at radius 2 is 1.96 bits per heavy atom. The number of ether oxygens (including phenoxy) is 1. The molecule has 0 atom stereocenters. The van der Waals surface area contributed by atoms with E-state index >= 15 is 0 Å². The first-order valence-electron chi connectivity index (χ1n) is 10.7. The van der Waals surface area contributed by atoms with Gasteiger partial charge in [-0.15, -0.1) is 0 Å². The zero-order valence-corrected chi connectivity index (χ0v) is 17.0. The summed E-state index contributed by atoms with van der Waals surface area (Å²) in [6.07, 6.45) is 9.12. The van der Waals surface area contributed by atoms with E-state index in [9.17, 15) is 9.18 Å². The summed E-state index contributed by atoms with van der Waals surface area (Å²) in [6.45, 7) is 5.86. The highest BCUT2D eigenvalue weighted by Gasteiger charge is 2.23. The van der Waals surface area contributed by atoms with Crippen molar-refractivity contribution in [1.29, 1.82) is 0 Å². The van der Waals surface area contributed by atoms with E-state index in [4.69, 9.17) is 4.74 Å². The first-order chi connectivity index (χ1) is 13.6. The Hall–Kier alpha value is -1.72. The second-order valence-corrected chi connectivity index (χ2v) is 8.00. The van der Waals surface area contributed by atoms with Crippen molar-refractivity contribution >= 4 is 11.5 Å². The fraction of sp³-hybridized carbons (Fsp3) is 0.609. The van der Waals surface area contributed by atoms with Crippen LogP contribution < -0.4 is 5.32 Å². The normalized spacial score (nSPS) is 23.3. The minimum absolute atomic E-state index is 0.0161. The molecule has 0 bridgehead atoms. The minimum Gasteiger partial charge on any atom is -0.372 e. The summed E-state index contributed by atoms with van der Waals surface area (Å²) in [4.78, 5) is 14.3. The van der Waals surface area contributed by atoms with Gasteiger partial charge in [-0.25, -0.2) is 4.39 Å². The highest BCUT2D eigenvalue weighted by molar-refractivity contribution is 5.77. The van der Waals surface area contributed by atoms with Crippen molar-refractivity contribution in [2.24, 2.45) is 5.92 Å². The number of hydrogen-bond donors (Lipinski definition) is 1. The van der Waals surface area contributed by atoms with Crippen LogP contribution in [0.15, 0.2) is 30.3 Å². The predicted molar refractivity (Wildman–Crippen MR) is 110 cm³/mol. The number of halogens is 1. The van der Waals surface area contributed by atoms with Crippen LogP contribution in [0.2, 0.25) is 0 Å². The Balaban J connectivity index is 1.34. The molecular weight excluding hydrogens is 355 g/mol. The smallest absolute Gasteiger partial charge is 0.246 e. The maximum atomic E-state index is 13.1. The third kappa shape index (κ3) is 6.42. The van der Waals surface area contributed by atoms with E-state index in [0.29, 0.717) is 12.6 Å². The van der Waals surface area contributed by atoms with Crippen LogP contribution in [0.4, 0.5) is 4.39 Å². The number of carbonyl (C=O) groups is 1. The molecular formula is C23H33FN2O2. The minimum atomic E-state index is -0.176. The summed E-state index contributed by atoms with van der Waals surface area (Å²) in [7, 11) is 0. The van der Waals surface area contributed by atoms with Gasteiger partial charge in [0.25, 0.3) is 0 Å². The Bertz CT molecular complexity index is 651. The largest absolute Gasteiger partial charge is 0.372 e. The van der Waals surface area contributed by atoms with Gasteiger partial charge in [0.2, 0.25) is 5.91 Å². The van der Waals surface area contributed by atoms with Crippen LogP contribution in [0, 0.1) is 11.7 Å². The fourth-order valence-electron chi connectivity index (χ4n) is 4.27. The predicted octanol–water partition coefficient (Wildman–Crippen LogP) is 4.02. The molecule has 1 aliphatic heterocycles. The van der Waals surface area contributed by atoms with Gasteiger partial charge in [0.05, 0.1) is 0 Å². The average molecular weight is 389 g/mol. The topological polar surface area (TPSA) is 41.6 Å². The van der Waals surface area contributed by atoms with Crippen LogP contribution in [0.5, 0.6) is 0 Å². The zero-order chi connectivity index (χ0) is 19.8. The Kier molecular flexibility index (Phi) is 8.04. The molecule has 1 aliphatic carbocycles. The third-order valence-electron chi connectivity index (χ3n) is 6.01. The third-order valence-corrected chi connectivity index (χ3v) is 6.01. The molecule has 0 radical (unpaired) electrons. The summed E-state index contributed by atoms with van der Waals surface area (Å²) in [5, 5.41) is 3.10. The van der Waals surface area contributed by atoms with Crippen LogP contribution in [-0.4, -0.2) is 49.7 Å². The van der Waals surface area contributed by atoms with Crippen molar-refractivity contribution in [1.82, 2.24) is 10.2 Å². The fourth-order valence-corrected chi connectivity index (χ4v) is 4.27. The molecule has 0 saturated heterocycles. The van der Waals surface area contributed by atoms with Gasteiger partial charge < -0.3 is 10.1 Å². The molecule has 154 valence electrons. The maximum Gasteiger partial charge on any atom is 0.246 e. The highest BCUT2D eigenvalue weighted by Crippen LogP contribution is 2.28. The SMILES string of the molecule is CCOCC(=O)NC1CCC(CCN2CC=C(c3ccc(F)cc3)CC2)CC1. The Labute approximate surface area is 168 Å². The summed E-state index contributed by atoms with van der Waals surface area (Å²) < 4.78 is 18.2. The number of rotatable bonds is 8.